The molecule has 0 amide bonds. The van der Waals surface area contributed by atoms with Gasteiger partial charge in [0.1, 0.15) is 6.10 Å². The zero-order chi connectivity index (χ0) is 18.7. The Bertz CT molecular complexity index is 759. The molecule has 2 rings (SSSR count). The van der Waals surface area contributed by atoms with Crippen molar-refractivity contribution in [2.24, 2.45) is 0 Å². The summed E-state index contributed by atoms with van der Waals surface area (Å²) in [6, 6.07) is 4.56. The van der Waals surface area contributed by atoms with E-state index in [4.69, 9.17) is 21.7 Å². The third-order valence-corrected chi connectivity index (χ3v) is 4.03. The van der Waals surface area contributed by atoms with Crippen LogP contribution in [0.2, 0.25) is 0 Å². The van der Waals surface area contributed by atoms with E-state index in [2.05, 4.69) is 10.6 Å². The van der Waals surface area contributed by atoms with Gasteiger partial charge >= 0.3 is 0 Å². The fraction of sp³-hybridized carbons (Fsp3) is 0.353. The highest BCUT2D eigenvalue weighted by Crippen LogP contribution is 2.34. The largest absolute Gasteiger partial charge is 0.546 e. The van der Waals surface area contributed by atoms with Gasteiger partial charge in [-0.05, 0) is 50.7 Å². The van der Waals surface area contributed by atoms with Crippen molar-refractivity contribution in [2.45, 2.75) is 32.9 Å². The summed E-state index contributed by atoms with van der Waals surface area (Å²) in [5, 5.41) is 17.3. The molecule has 2 N–H and O–H groups in total. The minimum absolute atomic E-state index is 0.0881. The predicted molar refractivity (Wildman–Crippen MR) is 93.1 cm³/mol. The molecular formula is C17H19N2O5S-. The first kappa shape index (κ1) is 18.7. The number of Topliss-reactive ketones (excluding diaryl/α,β-unsaturated/α-hetero) is 1. The summed E-state index contributed by atoms with van der Waals surface area (Å²) < 4.78 is 10.6. The summed E-state index contributed by atoms with van der Waals surface area (Å²) in [5.74, 6) is -0.800. The molecule has 1 aromatic rings. The highest BCUT2D eigenvalue weighted by Gasteiger charge is 2.28. The van der Waals surface area contributed by atoms with E-state index in [1.165, 1.54) is 21.0 Å². The van der Waals surface area contributed by atoms with Crippen LogP contribution in [-0.2, 0) is 9.59 Å². The van der Waals surface area contributed by atoms with E-state index in [1.54, 1.807) is 25.1 Å². The van der Waals surface area contributed by atoms with Gasteiger partial charge in [0.25, 0.3) is 0 Å². The number of carboxylic acids is 1. The Labute approximate surface area is 151 Å². The topological polar surface area (TPSA) is 99.7 Å². The van der Waals surface area contributed by atoms with Gasteiger partial charge in [0.05, 0.1) is 19.1 Å². The first-order chi connectivity index (χ1) is 11.7. The van der Waals surface area contributed by atoms with Crippen LogP contribution in [0.4, 0.5) is 0 Å². The van der Waals surface area contributed by atoms with Gasteiger partial charge in [-0.25, -0.2) is 0 Å². The van der Waals surface area contributed by atoms with Crippen molar-refractivity contribution in [2.75, 3.05) is 7.11 Å². The van der Waals surface area contributed by atoms with Gasteiger partial charge in [0.15, 0.2) is 22.4 Å². The van der Waals surface area contributed by atoms with E-state index < -0.39 is 18.1 Å². The third-order valence-electron chi connectivity index (χ3n) is 3.81. The molecule has 0 saturated heterocycles. The normalized spacial score (nSPS) is 18.1. The van der Waals surface area contributed by atoms with Gasteiger partial charge in [0.2, 0.25) is 0 Å². The summed E-state index contributed by atoms with van der Waals surface area (Å²) in [5.41, 5.74) is 1.98. The molecule has 1 aliphatic rings. The number of aliphatic carboxylic acids is 1. The first-order valence-electron chi connectivity index (χ1n) is 7.59. The van der Waals surface area contributed by atoms with E-state index >= 15 is 0 Å². The van der Waals surface area contributed by atoms with Gasteiger partial charge < -0.3 is 30.0 Å². The summed E-state index contributed by atoms with van der Waals surface area (Å²) in [4.78, 5) is 22.9. The van der Waals surface area contributed by atoms with Crippen LogP contribution in [0.25, 0.3) is 0 Å². The van der Waals surface area contributed by atoms with E-state index in [0.717, 1.165) is 5.56 Å². The van der Waals surface area contributed by atoms with Crippen molar-refractivity contribution in [3.05, 3.63) is 35.0 Å². The molecule has 0 spiro atoms. The number of carboxylic acid groups (broad SMARTS) is 1. The molecule has 0 saturated carbocycles. The Hall–Kier alpha value is -2.61. The number of nitrogens with one attached hydrogen (secondary N) is 2. The number of methoxy groups -OCH3 is 1. The highest BCUT2D eigenvalue weighted by atomic mass is 32.1. The Morgan fingerprint density at radius 1 is 1.32 bits per heavy atom. The molecule has 134 valence electrons. The Kier molecular flexibility index (Phi) is 5.63. The van der Waals surface area contributed by atoms with Crippen LogP contribution in [0.1, 0.15) is 32.4 Å². The van der Waals surface area contributed by atoms with E-state index in [-0.39, 0.29) is 11.5 Å². The maximum atomic E-state index is 12.0. The Balaban J connectivity index is 2.42. The maximum Gasteiger partial charge on any atom is 0.171 e. The van der Waals surface area contributed by atoms with Crippen molar-refractivity contribution in [3.63, 3.8) is 0 Å². The van der Waals surface area contributed by atoms with Gasteiger partial charge in [-0.1, -0.05) is 6.07 Å². The molecule has 0 aromatic heterocycles. The second-order valence-electron chi connectivity index (χ2n) is 5.62. The van der Waals surface area contributed by atoms with Crippen LogP contribution >= 0.6 is 12.2 Å². The molecule has 0 unspecified atom stereocenters. The number of hydrogen-bond acceptors (Lipinski definition) is 6. The average molecular weight is 363 g/mol. The monoisotopic (exact) mass is 363 g/mol. The zero-order valence-electron chi connectivity index (χ0n) is 14.3. The fourth-order valence-electron chi connectivity index (χ4n) is 2.61. The van der Waals surface area contributed by atoms with Crippen molar-refractivity contribution < 1.29 is 24.2 Å². The number of benzene rings is 1. The van der Waals surface area contributed by atoms with Crippen LogP contribution in [0, 0.1) is 0 Å². The summed E-state index contributed by atoms with van der Waals surface area (Å²) >= 11 is 5.18. The molecule has 1 aromatic carbocycles. The molecule has 25 heavy (non-hydrogen) atoms. The maximum absolute atomic E-state index is 12.0. The lowest BCUT2D eigenvalue weighted by molar-refractivity contribution is -0.312. The molecule has 0 fully saturated rings. The predicted octanol–water partition coefficient (Wildman–Crippen LogP) is 0.594. The Morgan fingerprint density at radius 3 is 2.56 bits per heavy atom. The van der Waals surface area contributed by atoms with Crippen LogP contribution < -0.4 is 25.2 Å². The fourth-order valence-corrected chi connectivity index (χ4v) is 2.88. The van der Waals surface area contributed by atoms with Crippen molar-refractivity contribution in [3.8, 4) is 11.5 Å². The van der Waals surface area contributed by atoms with Crippen molar-refractivity contribution in [1.82, 2.24) is 10.6 Å². The number of thiocarbonyl (C=S) groups is 1. The van der Waals surface area contributed by atoms with E-state index in [9.17, 15) is 14.7 Å². The van der Waals surface area contributed by atoms with Gasteiger partial charge in [0, 0.05) is 11.3 Å². The molecule has 0 bridgehead atoms. The van der Waals surface area contributed by atoms with Crippen LogP contribution in [0.3, 0.4) is 0 Å². The number of ketones is 1. The quantitative estimate of drug-likeness (QED) is 0.709. The number of carbonyl (C=O) groups excluding carboxylic acids is 2. The minimum atomic E-state index is -1.33. The molecule has 0 radical (unpaired) electrons. The number of rotatable bonds is 6. The van der Waals surface area contributed by atoms with Crippen molar-refractivity contribution in [1.29, 1.82) is 0 Å². The second-order valence-corrected chi connectivity index (χ2v) is 6.02. The zero-order valence-corrected chi connectivity index (χ0v) is 15.2. The molecule has 8 heteroatoms. The van der Waals surface area contributed by atoms with Gasteiger partial charge in [-0.2, -0.15) is 0 Å². The Morgan fingerprint density at radius 2 is 2.00 bits per heavy atom. The lowest BCUT2D eigenvalue weighted by Gasteiger charge is -2.30. The van der Waals surface area contributed by atoms with E-state index in [0.29, 0.717) is 22.1 Å². The number of carbonyl (C=O) groups is 2. The SMILES string of the molecule is COc1cc([C@@H]2NC(=S)NC(C)=C2C(C)=O)ccc1O[C@@H](C)C(=O)[O-]. The van der Waals surface area contributed by atoms with Crippen LogP contribution in [-0.4, -0.2) is 30.1 Å². The number of allylic oxidation sites excluding steroid dienone is 1. The number of hydrogen-bond donors (Lipinski definition) is 2. The summed E-state index contributed by atoms with van der Waals surface area (Å²) in [6.45, 7) is 4.64. The first-order valence-corrected chi connectivity index (χ1v) is 8.00. The molecule has 0 aliphatic carbocycles. The molecular weight excluding hydrogens is 344 g/mol. The lowest BCUT2D eigenvalue weighted by Crippen LogP contribution is -2.44. The molecule has 1 aliphatic heterocycles. The summed E-state index contributed by atoms with van der Waals surface area (Å²) in [7, 11) is 1.45. The molecule has 7 nitrogen and oxygen atoms in total. The van der Waals surface area contributed by atoms with Crippen LogP contribution in [0.5, 0.6) is 11.5 Å². The number of ether oxygens (including phenoxy) is 2. The van der Waals surface area contributed by atoms with E-state index in [1.807, 2.05) is 0 Å². The summed E-state index contributed by atoms with van der Waals surface area (Å²) in [6.07, 6.45) is -1.13. The average Bonchev–Trinajstić information content (AvgIpc) is 2.53. The lowest BCUT2D eigenvalue weighted by atomic mass is 9.93. The highest BCUT2D eigenvalue weighted by molar-refractivity contribution is 7.80. The second kappa shape index (κ2) is 7.52. The third kappa shape index (κ3) is 4.08. The van der Waals surface area contributed by atoms with Crippen molar-refractivity contribution >= 4 is 29.1 Å². The standard InChI is InChI=1S/C17H20N2O5S/c1-8-14(9(2)20)15(19-17(25)18-8)11-5-6-12(13(7-11)23-4)24-10(3)16(21)22/h5-7,10,15H,1-4H3,(H,21,22)(H2,18,19,25)/p-1/t10-,15-/m0/s1. The molecule has 1 heterocycles. The van der Waals surface area contributed by atoms with Gasteiger partial charge in [-0.3, -0.25) is 4.79 Å². The molecule has 2 atom stereocenters. The van der Waals surface area contributed by atoms with Crippen LogP contribution in [0.15, 0.2) is 29.5 Å². The van der Waals surface area contributed by atoms with Gasteiger partial charge in [-0.15, -0.1) is 0 Å². The minimum Gasteiger partial charge on any atom is -0.546 e. The smallest absolute Gasteiger partial charge is 0.171 e.